The molecule has 1 amide bonds. The highest BCUT2D eigenvalue weighted by atomic mass is 32.2. The fourth-order valence-electron chi connectivity index (χ4n) is 2.18. The largest absolute Gasteiger partial charge is 0.358 e. The Bertz CT molecular complexity index is 644. The lowest BCUT2D eigenvalue weighted by atomic mass is 10.0. The van der Waals surface area contributed by atoms with Crippen molar-refractivity contribution >= 4 is 44.0 Å². The number of anilines is 1. The second kappa shape index (κ2) is 6.71. The third-order valence-corrected chi connectivity index (χ3v) is 6.98. The summed E-state index contributed by atoms with van der Waals surface area (Å²) in [6.07, 6.45) is 0.465. The molecule has 2 N–H and O–H groups in total. The van der Waals surface area contributed by atoms with Gasteiger partial charge in [0.05, 0.1) is 22.8 Å². The predicted octanol–water partition coefficient (Wildman–Crippen LogP) is 1.14. The lowest BCUT2D eigenvalue weighted by Crippen LogP contribution is -2.47. The second-order valence-corrected chi connectivity index (χ2v) is 10.3. The third kappa shape index (κ3) is 5.10. The van der Waals surface area contributed by atoms with E-state index >= 15 is 0 Å². The lowest BCUT2D eigenvalue weighted by Gasteiger charge is -2.23. The highest BCUT2D eigenvalue weighted by Crippen LogP contribution is 2.27. The number of aromatic nitrogens is 2. The number of nitrogens with one attached hydrogen (secondary N) is 2. The van der Waals surface area contributed by atoms with Crippen LogP contribution in [0.3, 0.4) is 0 Å². The van der Waals surface area contributed by atoms with Gasteiger partial charge in [0.15, 0.2) is 14.2 Å². The van der Waals surface area contributed by atoms with Crippen molar-refractivity contribution in [2.45, 2.75) is 43.1 Å². The Morgan fingerprint density at radius 1 is 1.45 bits per heavy atom. The van der Waals surface area contributed by atoms with Crippen LogP contribution in [0.1, 0.15) is 27.2 Å². The van der Waals surface area contributed by atoms with Gasteiger partial charge in [-0.1, -0.05) is 23.1 Å². The molecule has 2 heterocycles. The standard InChI is InChI=1S/C12H20N4O3S3/c1-8(2)13-10-15-16-11(21-10)20-6-9(17)14-12(3)4-5-22(18,19)7-12/h8H,4-7H2,1-3H3,(H,13,15)(H,14,17). The Hall–Kier alpha value is -0.870. The summed E-state index contributed by atoms with van der Waals surface area (Å²) in [7, 11) is -3.02. The monoisotopic (exact) mass is 364 g/mol. The first-order valence-electron chi connectivity index (χ1n) is 6.92. The molecule has 2 rings (SSSR count). The summed E-state index contributed by atoms with van der Waals surface area (Å²) in [5.41, 5.74) is -0.651. The number of hydrogen-bond acceptors (Lipinski definition) is 8. The van der Waals surface area contributed by atoms with Gasteiger partial charge in [0.1, 0.15) is 0 Å². The first-order chi connectivity index (χ1) is 10.2. The van der Waals surface area contributed by atoms with Crippen molar-refractivity contribution in [1.82, 2.24) is 15.5 Å². The summed E-state index contributed by atoms with van der Waals surface area (Å²) in [4.78, 5) is 12.0. The van der Waals surface area contributed by atoms with Crippen LogP contribution in [0.5, 0.6) is 0 Å². The van der Waals surface area contributed by atoms with Crippen molar-refractivity contribution in [2.24, 2.45) is 0 Å². The minimum absolute atomic E-state index is 0.0116. The molecule has 1 fully saturated rings. The molecule has 0 aromatic carbocycles. The van der Waals surface area contributed by atoms with Crippen LogP contribution < -0.4 is 10.6 Å². The van der Waals surface area contributed by atoms with Crippen molar-refractivity contribution in [3.8, 4) is 0 Å². The van der Waals surface area contributed by atoms with E-state index < -0.39 is 15.4 Å². The van der Waals surface area contributed by atoms with Gasteiger partial charge in [0, 0.05) is 6.04 Å². The van der Waals surface area contributed by atoms with E-state index in [1.54, 1.807) is 6.92 Å². The molecular weight excluding hydrogens is 344 g/mol. The molecule has 1 aliphatic rings. The molecule has 1 saturated heterocycles. The quantitative estimate of drug-likeness (QED) is 0.730. The summed E-state index contributed by atoms with van der Waals surface area (Å²) in [6.45, 7) is 5.80. The molecule has 1 aromatic rings. The fraction of sp³-hybridized carbons (Fsp3) is 0.750. The minimum Gasteiger partial charge on any atom is -0.358 e. The van der Waals surface area contributed by atoms with Gasteiger partial charge in [-0.2, -0.15) is 0 Å². The summed E-state index contributed by atoms with van der Waals surface area (Å²) in [5, 5.41) is 14.7. The minimum atomic E-state index is -3.02. The molecule has 1 aliphatic heterocycles. The third-order valence-electron chi connectivity index (χ3n) is 3.09. The zero-order valence-electron chi connectivity index (χ0n) is 12.7. The van der Waals surface area contributed by atoms with E-state index in [1.165, 1.54) is 23.1 Å². The van der Waals surface area contributed by atoms with E-state index in [9.17, 15) is 13.2 Å². The summed E-state index contributed by atoms with van der Waals surface area (Å²) in [6, 6.07) is 0.276. The highest BCUT2D eigenvalue weighted by molar-refractivity contribution is 8.01. The van der Waals surface area contributed by atoms with Gasteiger partial charge in [0.25, 0.3) is 0 Å². The van der Waals surface area contributed by atoms with Crippen molar-refractivity contribution in [3.05, 3.63) is 0 Å². The van der Waals surface area contributed by atoms with E-state index in [2.05, 4.69) is 20.8 Å². The number of thioether (sulfide) groups is 1. The zero-order valence-corrected chi connectivity index (χ0v) is 15.2. The number of carbonyl (C=O) groups excluding carboxylic acids is 1. The molecule has 10 heteroatoms. The SMILES string of the molecule is CC(C)Nc1nnc(SCC(=O)NC2(C)CCS(=O)(=O)C2)s1. The fourth-order valence-corrected chi connectivity index (χ4v) is 5.97. The van der Waals surface area contributed by atoms with Crippen LogP contribution >= 0.6 is 23.1 Å². The Morgan fingerprint density at radius 2 is 2.18 bits per heavy atom. The van der Waals surface area contributed by atoms with Gasteiger partial charge in [-0.25, -0.2) is 8.42 Å². The molecule has 22 heavy (non-hydrogen) atoms. The molecule has 0 bridgehead atoms. The average molecular weight is 365 g/mol. The Morgan fingerprint density at radius 3 is 2.77 bits per heavy atom. The number of nitrogens with zero attached hydrogens (tertiary/aromatic N) is 2. The Labute approximate surface area is 138 Å². The maximum Gasteiger partial charge on any atom is 0.230 e. The van der Waals surface area contributed by atoms with Crippen molar-refractivity contribution < 1.29 is 13.2 Å². The predicted molar refractivity (Wildman–Crippen MR) is 89.2 cm³/mol. The van der Waals surface area contributed by atoms with Crippen molar-refractivity contribution in [1.29, 1.82) is 0 Å². The highest BCUT2D eigenvalue weighted by Gasteiger charge is 2.39. The number of sulfone groups is 1. The van der Waals surface area contributed by atoms with E-state index in [0.29, 0.717) is 10.8 Å². The Kier molecular flexibility index (Phi) is 5.33. The van der Waals surface area contributed by atoms with E-state index in [0.717, 1.165) is 5.13 Å². The summed E-state index contributed by atoms with van der Waals surface area (Å²) in [5.74, 6) is 0.166. The number of carbonyl (C=O) groups is 1. The Balaban J connectivity index is 1.82. The normalized spacial score (nSPS) is 23.6. The zero-order chi connectivity index (χ0) is 16.4. The molecule has 7 nitrogen and oxygen atoms in total. The van der Waals surface area contributed by atoms with E-state index in [1.807, 2.05) is 13.8 Å². The molecular formula is C12H20N4O3S3. The van der Waals surface area contributed by atoms with Crippen LogP contribution in [-0.2, 0) is 14.6 Å². The van der Waals surface area contributed by atoms with Crippen LogP contribution in [0.25, 0.3) is 0 Å². The molecule has 1 aromatic heterocycles. The van der Waals surface area contributed by atoms with Gasteiger partial charge in [-0.3, -0.25) is 4.79 Å². The van der Waals surface area contributed by atoms with Crippen LogP contribution in [0.4, 0.5) is 5.13 Å². The number of hydrogen-bond donors (Lipinski definition) is 2. The molecule has 124 valence electrons. The first-order valence-corrected chi connectivity index (χ1v) is 10.5. The molecule has 0 saturated carbocycles. The average Bonchev–Trinajstić information content (AvgIpc) is 2.90. The van der Waals surface area contributed by atoms with Crippen LogP contribution in [-0.4, -0.2) is 53.4 Å². The summed E-state index contributed by atoms with van der Waals surface area (Å²) < 4.78 is 23.7. The number of amides is 1. The first kappa shape index (κ1) is 17.5. The van der Waals surface area contributed by atoms with Gasteiger partial charge >= 0.3 is 0 Å². The number of rotatable bonds is 6. The van der Waals surface area contributed by atoms with Gasteiger partial charge < -0.3 is 10.6 Å². The van der Waals surface area contributed by atoms with Crippen molar-refractivity contribution in [2.75, 3.05) is 22.6 Å². The van der Waals surface area contributed by atoms with Gasteiger partial charge in [-0.15, -0.1) is 10.2 Å². The maximum absolute atomic E-state index is 12.0. The van der Waals surface area contributed by atoms with Gasteiger partial charge in [-0.05, 0) is 27.2 Å². The van der Waals surface area contributed by atoms with Crippen molar-refractivity contribution in [3.63, 3.8) is 0 Å². The lowest BCUT2D eigenvalue weighted by molar-refractivity contribution is -0.120. The van der Waals surface area contributed by atoms with Crippen LogP contribution in [0.15, 0.2) is 4.34 Å². The summed E-state index contributed by atoms with van der Waals surface area (Å²) >= 11 is 2.70. The molecule has 1 atom stereocenters. The van der Waals surface area contributed by atoms with Crippen LogP contribution in [0.2, 0.25) is 0 Å². The van der Waals surface area contributed by atoms with Crippen LogP contribution in [0, 0.1) is 0 Å². The molecule has 1 unspecified atom stereocenters. The topological polar surface area (TPSA) is 101 Å². The smallest absolute Gasteiger partial charge is 0.230 e. The van der Waals surface area contributed by atoms with E-state index in [4.69, 9.17) is 0 Å². The second-order valence-electron chi connectivity index (χ2n) is 5.91. The maximum atomic E-state index is 12.0. The molecule has 0 spiro atoms. The molecule has 0 radical (unpaired) electrons. The molecule has 0 aliphatic carbocycles. The van der Waals surface area contributed by atoms with Gasteiger partial charge in [0.2, 0.25) is 11.0 Å². The van der Waals surface area contributed by atoms with E-state index in [-0.39, 0.29) is 29.2 Å².